The maximum Gasteiger partial charge on any atom is 0.275 e. The number of carbonyl (C=O) groups excluding carboxylic acids is 2. The Bertz CT molecular complexity index is 489. The molecule has 1 fully saturated rings. The molecule has 0 aliphatic carbocycles. The highest BCUT2D eigenvalue weighted by atomic mass is 79.9. The number of nitrogens with one attached hydrogen (secondary N) is 1. The minimum atomic E-state index is -0.394. The number of piperazine rings is 1. The molecular formula is C12H16BrN3O2S. The van der Waals surface area contributed by atoms with E-state index in [1.807, 2.05) is 13.8 Å². The second-order valence-corrected chi connectivity index (χ2v) is 7.08. The van der Waals surface area contributed by atoms with Crippen LogP contribution in [0.25, 0.3) is 0 Å². The van der Waals surface area contributed by atoms with Crippen molar-refractivity contribution in [1.82, 2.24) is 15.2 Å². The minimum Gasteiger partial charge on any atom is -0.353 e. The van der Waals surface area contributed by atoms with Gasteiger partial charge in [-0.25, -0.2) is 4.98 Å². The minimum absolute atomic E-state index is 0.0698. The number of hydrogen-bond donors (Lipinski definition) is 1. The summed E-state index contributed by atoms with van der Waals surface area (Å²) in [5.41, 5.74) is 2.02. The van der Waals surface area contributed by atoms with Crippen LogP contribution in [0.1, 0.15) is 30.8 Å². The summed E-state index contributed by atoms with van der Waals surface area (Å²) in [4.78, 5) is 30.2. The first kappa shape index (κ1) is 14.5. The third-order valence-corrected chi connectivity index (χ3v) is 4.56. The first-order valence-corrected chi connectivity index (χ1v) is 7.85. The first-order chi connectivity index (χ1) is 9.00. The molecular weight excluding hydrogens is 330 g/mol. The van der Waals surface area contributed by atoms with Gasteiger partial charge in [0.05, 0.1) is 5.51 Å². The molecule has 0 aromatic carbocycles. The summed E-state index contributed by atoms with van der Waals surface area (Å²) in [6.07, 6.45) is 0.666. The molecule has 1 aliphatic heterocycles. The number of aromatic nitrogens is 1. The number of thiazole rings is 1. The van der Waals surface area contributed by atoms with Crippen LogP contribution >= 0.6 is 27.3 Å². The van der Waals surface area contributed by atoms with Gasteiger partial charge in [0.25, 0.3) is 5.91 Å². The Morgan fingerprint density at radius 2 is 2.42 bits per heavy atom. The predicted molar refractivity (Wildman–Crippen MR) is 77.1 cm³/mol. The highest BCUT2D eigenvalue weighted by Crippen LogP contribution is 2.24. The zero-order valence-corrected chi connectivity index (χ0v) is 13.3. The maximum atomic E-state index is 12.5. The number of halogens is 1. The third kappa shape index (κ3) is 3.14. The smallest absolute Gasteiger partial charge is 0.275 e. The molecule has 7 heteroatoms. The molecule has 2 amide bonds. The fraction of sp³-hybridized carbons (Fsp3) is 0.583. The molecule has 1 aromatic heterocycles. The number of amides is 2. The van der Waals surface area contributed by atoms with Gasteiger partial charge in [-0.1, -0.05) is 13.8 Å². The van der Waals surface area contributed by atoms with Gasteiger partial charge in [-0.3, -0.25) is 9.59 Å². The van der Waals surface area contributed by atoms with Gasteiger partial charge in [-0.05, 0) is 28.3 Å². The summed E-state index contributed by atoms with van der Waals surface area (Å²) < 4.78 is 0.715. The second-order valence-electron chi connectivity index (χ2n) is 4.91. The summed E-state index contributed by atoms with van der Waals surface area (Å²) in [7, 11) is 0. The molecule has 0 saturated carbocycles. The average Bonchev–Trinajstić information content (AvgIpc) is 2.77. The fourth-order valence-electron chi connectivity index (χ4n) is 2.15. The summed E-state index contributed by atoms with van der Waals surface area (Å²) in [5, 5.41) is 2.82. The first-order valence-electron chi connectivity index (χ1n) is 6.18. The zero-order valence-electron chi connectivity index (χ0n) is 10.9. The van der Waals surface area contributed by atoms with Crippen LogP contribution in [0.15, 0.2) is 9.30 Å². The molecule has 1 saturated heterocycles. The van der Waals surface area contributed by atoms with E-state index in [0.29, 0.717) is 34.9 Å². The van der Waals surface area contributed by atoms with Crippen molar-refractivity contribution in [2.45, 2.75) is 26.3 Å². The molecule has 104 valence electrons. The van der Waals surface area contributed by atoms with Crippen LogP contribution in [0, 0.1) is 5.92 Å². The van der Waals surface area contributed by atoms with Crippen molar-refractivity contribution < 1.29 is 9.59 Å². The van der Waals surface area contributed by atoms with Gasteiger partial charge in [-0.2, -0.15) is 0 Å². The molecule has 0 bridgehead atoms. The van der Waals surface area contributed by atoms with Crippen molar-refractivity contribution in [3.8, 4) is 0 Å². The number of hydrogen-bond acceptors (Lipinski definition) is 4. The van der Waals surface area contributed by atoms with Gasteiger partial charge < -0.3 is 10.2 Å². The van der Waals surface area contributed by atoms with Crippen molar-refractivity contribution >= 4 is 39.1 Å². The fourth-order valence-corrected chi connectivity index (χ4v) is 3.17. The van der Waals surface area contributed by atoms with Crippen LogP contribution in [0.2, 0.25) is 0 Å². The lowest BCUT2D eigenvalue weighted by Gasteiger charge is -2.35. The topological polar surface area (TPSA) is 62.3 Å². The van der Waals surface area contributed by atoms with Crippen molar-refractivity contribution in [1.29, 1.82) is 0 Å². The molecule has 1 aromatic rings. The molecule has 1 atom stereocenters. The normalized spacial score (nSPS) is 19.7. The molecule has 2 heterocycles. The van der Waals surface area contributed by atoms with Gasteiger partial charge in [0.15, 0.2) is 5.69 Å². The van der Waals surface area contributed by atoms with E-state index < -0.39 is 6.04 Å². The van der Waals surface area contributed by atoms with Crippen LogP contribution in [0.3, 0.4) is 0 Å². The SMILES string of the molecule is CC(C)C[C@@H]1C(=O)NCCN1C(=O)c1ncsc1Br. The van der Waals surface area contributed by atoms with Crippen LogP contribution in [0.4, 0.5) is 0 Å². The summed E-state index contributed by atoms with van der Waals surface area (Å²) >= 11 is 4.70. The van der Waals surface area contributed by atoms with Crippen molar-refractivity contribution in [2.24, 2.45) is 5.92 Å². The zero-order chi connectivity index (χ0) is 14.0. The molecule has 0 spiro atoms. The third-order valence-electron chi connectivity index (χ3n) is 3.01. The van der Waals surface area contributed by atoms with Crippen molar-refractivity contribution in [3.05, 3.63) is 15.0 Å². The Balaban J connectivity index is 2.22. The van der Waals surface area contributed by atoms with E-state index in [4.69, 9.17) is 0 Å². The van der Waals surface area contributed by atoms with Crippen LogP contribution in [0.5, 0.6) is 0 Å². The highest BCUT2D eigenvalue weighted by Gasteiger charge is 2.35. The molecule has 2 rings (SSSR count). The molecule has 0 unspecified atom stereocenters. The Morgan fingerprint density at radius 1 is 1.68 bits per heavy atom. The maximum absolute atomic E-state index is 12.5. The number of nitrogens with zero attached hydrogens (tertiary/aromatic N) is 2. The Morgan fingerprint density at radius 3 is 3.00 bits per heavy atom. The van der Waals surface area contributed by atoms with Gasteiger partial charge in [0, 0.05) is 13.1 Å². The van der Waals surface area contributed by atoms with Gasteiger partial charge in [-0.15, -0.1) is 11.3 Å². The van der Waals surface area contributed by atoms with E-state index in [1.165, 1.54) is 11.3 Å². The standard InChI is InChI=1S/C12H16BrN3O2S/c1-7(2)5-8-11(17)14-3-4-16(8)12(18)9-10(13)19-6-15-9/h6-8H,3-5H2,1-2H3,(H,14,17)/t8-/m1/s1. The molecule has 1 N–H and O–H groups in total. The lowest BCUT2D eigenvalue weighted by Crippen LogP contribution is -2.57. The molecule has 5 nitrogen and oxygen atoms in total. The largest absolute Gasteiger partial charge is 0.353 e. The van der Waals surface area contributed by atoms with E-state index in [-0.39, 0.29) is 11.8 Å². The van der Waals surface area contributed by atoms with E-state index in [9.17, 15) is 9.59 Å². The number of carbonyl (C=O) groups is 2. The van der Waals surface area contributed by atoms with Crippen LogP contribution in [-0.2, 0) is 4.79 Å². The summed E-state index contributed by atoms with van der Waals surface area (Å²) in [6.45, 7) is 5.12. The Kier molecular flexibility index (Phi) is 4.57. The van der Waals surface area contributed by atoms with Crippen molar-refractivity contribution in [3.63, 3.8) is 0 Å². The van der Waals surface area contributed by atoms with Crippen molar-refractivity contribution in [2.75, 3.05) is 13.1 Å². The molecule has 0 radical (unpaired) electrons. The lowest BCUT2D eigenvalue weighted by atomic mass is 10.00. The van der Waals surface area contributed by atoms with E-state index >= 15 is 0 Å². The van der Waals surface area contributed by atoms with E-state index in [2.05, 4.69) is 26.2 Å². The summed E-state index contributed by atoms with van der Waals surface area (Å²) in [5.74, 6) is 0.108. The van der Waals surface area contributed by atoms with Gasteiger partial charge in [0.1, 0.15) is 9.83 Å². The summed E-state index contributed by atoms with van der Waals surface area (Å²) in [6, 6.07) is -0.394. The Hall–Kier alpha value is -0.950. The molecule has 19 heavy (non-hydrogen) atoms. The van der Waals surface area contributed by atoms with Gasteiger partial charge >= 0.3 is 0 Å². The second kappa shape index (κ2) is 6.00. The van der Waals surface area contributed by atoms with Crippen LogP contribution in [-0.4, -0.2) is 40.8 Å². The monoisotopic (exact) mass is 345 g/mol. The van der Waals surface area contributed by atoms with Gasteiger partial charge in [0.2, 0.25) is 5.91 Å². The van der Waals surface area contributed by atoms with Crippen LogP contribution < -0.4 is 5.32 Å². The predicted octanol–water partition coefficient (Wildman–Crippen LogP) is 1.89. The number of rotatable bonds is 3. The quantitative estimate of drug-likeness (QED) is 0.909. The molecule has 1 aliphatic rings. The lowest BCUT2D eigenvalue weighted by molar-refractivity contribution is -0.128. The average molecular weight is 346 g/mol. The Labute approximate surface area is 124 Å². The highest BCUT2D eigenvalue weighted by molar-refractivity contribution is 9.11. The van der Waals surface area contributed by atoms with E-state index in [0.717, 1.165) is 0 Å². The van der Waals surface area contributed by atoms with E-state index in [1.54, 1.807) is 10.4 Å².